The predicted octanol–water partition coefficient (Wildman–Crippen LogP) is 6.12. The van der Waals surface area contributed by atoms with Crippen LogP contribution in [0.4, 0.5) is 0 Å². The lowest BCUT2D eigenvalue weighted by atomic mass is 9.95. The van der Waals surface area contributed by atoms with Crippen LogP contribution in [0.1, 0.15) is 53.8 Å². The third-order valence-electron chi connectivity index (χ3n) is 6.76. The molecule has 7 nitrogen and oxygen atoms in total. The molecule has 7 heteroatoms. The Hall–Kier alpha value is -4.83. The summed E-state index contributed by atoms with van der Waals surface area (Å²) >= 11 is 0. The van der Waals surface area contributed by atoms with Crippen LogP contribution in [-0.2, 0) is 19.4 Å². The zero-order chi connectivity index (χ0) is 27.2. The number of benzene rings is 3. The molecule has 0 radical (unpaired) electrons. The van der Waals surface area contributed by atoms with Crippen LogP contribution in [0.25, 0.3) is 22.6 Å². The number of unbranched alkanes of at least 4 members (excludes halogenated alkanes) is 1. The molecular weight excluding hydrogens is 486 g/mol. The van der Waals surface area contributed by atoms with Crippen molar-refractivity contribution in [1.82, 2.24) is 19.7 Å². The fraction of sp³-hybridized carbons (Fsp3) is 0.219. The van der Waals surface area contributed by atoms with Crippen LogP contribution in [0, 0.1) is 18.3 Å². The Balaban J connectivity index is 1.50. The van der Waals surface area contributed by atoms with Crippen molar-refractivity contribution >= 4 is 0 Å². The molecular formula is C32H29N5O2. The first kappa shape index (κ1) is 25.8. The molecule has 2 aromatic heterocycles. The molecule has 2 heterocycles. The zero-order valence-electron chi connectivity index (χ0n) is 22.1. The summed E-state index contributed by atoms with van der Waals surface area (Å²) < 4.78 is 7.06. The fourth-order valence-electron chi connectivity index (χ4n) is 4.70. The molecule has 39 heavy (non-hydrogen) atoms. The number of aryl methyl sites for hydroxylation is 2. The molecule has 0 amide bonds. The summed E-state index contributed by atoms with van der Waals surface area (Å²) in [5.74, 6) is 1.43. The van der Waals surface area contributed by atoms with Gasteiger partial charge in [0.15, 0.2) is 5.82 Å². The number of hydrogen-bond acceptors (Lipinski definition) is 6. The second-order valence-corrected chi connectivity index (χ2v) is 9.50. The van der Waals surface area contributed by atoms with E-state index in [9.17, 15) is 10.1 Å². The van der Waals surface area contributed by atoms with Gasteiger partial charge in [0.05, 0.1) is 23.9 Å². The van der Waals surface area contributed by atoms with Crippen molar-refractivity contribution in [3.05, 3.63) is 123 Å². The maximum absolute atomic E-state index is 13.9. The Morgan fingerprint density at radius 3 is 2.36 bits per heavy atom. The highest BCUT2D eigenvalue weighted by Crippen LogP contribution is 2.25. The largest absolute Gasteiger partial charge is 0.334 e. The number of nitriles is 1. The van der Waals surface area contributed by atoms with Gasteiger partial charge in [-0.1, -0.05) is 79.2 Å². The van der Waals surface area contributed by atoms with Gasteiger partial charge in [-0.15, -0.1) is 0 Å². The van der Waals surface area contributed by atoms with E-state index in [1.807, 2.05) is 85.8 Å². The third kappa shape index (κ3) is 5.70. The quantitative estimate of drug-likeness (QED) is 0.234. The lowest BCUT2D eigenvalue weighted by Crippen LogP contribution is -2.30. The number of hydrogen-bond donors (Lipinski definition) is 0. The van der Waals surface area contributed by atoms with Gasteiger partial charge < -0.3 is 4.52 Å². The highest BCUT2D eigenvalue weighted by molar-refractivity contribution is 5.71. The second-order valence-electron chi connectivity index (χ2n) is 9.50. The van der Waals surface area contributed by atoms with E-state index in [0.717, 1.165) is 47.2 Å². The van der Waals surface area contributed by atoms with E-state index in [0.29, 0.717) is 35.1 Å². The zero-order valence-corrected chi connectivity index (χ0v) is 22.1. The first-order valence-corrected chi connectivity index (χ1v) is 13.1. The normalized spacial score (nSPS) is 10.9. The molecule has 0 spiro atoms. The Morgan fingerprint density at radius 2 is 1.67 bits per heavy atom. The topological polar surface area (TPSA) is 97.6 Å². The van der Waals surface area contributed by atoms with Gasteiger partial charge in [-0.2, -0.15) is 10.2 Å². The van der Waals surface area contributed by atoms with Crippen LogP contribution in [0.15, 0.2) is 88.2 Å². The van der Waals surface area contributed by atoms with E-state index in [-0.39, 0.29) is 12.1 Å². The summed E-state index contributed by atoms with van der Waals surface area (Å²) in [5.41, 5.74) is 5.47. The standard InChI is InChI=1S/C32H29N5O2/c1-3-4-15-29-28(19-23-16-17-27(26(18-23)20-33)24-11-7-5-8-12-24)32(38)37(22(2)34-29)21-30-35-31(39-36-30)25-13-9-6-10-14-25/h5-14,16-18H,3-4,15,19,21H2,1-2H3. The van der Waals surface area contributed by atoms with Crippen LogP contribution in [0.5, 0.6) is 0 Å². The van der Waals surface area contributed by atoms with Crippen LogP contribution in [0.3, 0.4) is 0 Å². The van der Waals surface area contributed by atoms with Crippen LogP contribution >= 0.6 is 0 Å². The summed E-state index contributed by atoms with van der Waals surface area (Å²) in [7, 11) is 0. The predicted molar refractivity (Wildman–Crippen MR) is 150 cm³/mol. The summed E-state index contributed by atoms with van der Waals surface area (Å²) in [6.07, 6.45) is 3.04. The molecule has 0 unspecified atom stereocenters. The number of nitrogens with zero attached hydrogens (tertiary/aromatic N) is 5. The minimum atomic E-state index is -0.120. The SMILES string of the molecule is CCCCc1nc(C)n(Cc2noc(-c3ccccc3)n2)c(=O)c1Cc1ccc(-c2ccccc2)c(C#N)c1. The summed E-state index contributed by atoms with van der Waals surface area (Å²) in [4.78, 5) is 23.2. The molecule has 0 saturated heterocycles. The van der Waals surface area contributed by atoms with Gasteiger partial charge in [0.2, 0.25) is 0 Å². The maximum Gasteiger partial charge on any atom is 0.257 e. The van der Waals surface area contributed by atoms with E-state index in [1.54, 1.807) is 4.57 Å². The number of rotatable bonds is 9. The molecule has 0 aliphatic carbocycles. The van der Waals surface area contributed by atoms with Crippen LogP contribution < -0.4 is 5.56 Å². The van der Waals surface area contributed by atoms with Crippen molar-refractivity contribution < 1.29 is 4.52 Å². The molecule has 0 aliphatic heterocycles. The molecule has 0 fully saturated rings. The fourth-order valence-corrected chi connectivity index (χ4v) is 4.70. The van der Waals surface area contributed by atoms with Crippen molar-refractivity contribution in [2.45, 2.75) is 46.1 Å². The van der Waals surface area contributed by atoms with Gasteiger partial charge in [-0.05, 0) is 54.7 Å². The Kier molecular flexibility index (Phi) is 7.74. The van der Waals surface area contributed by atoms with Crippen molar-refractivity contribution in [1.29, 1.82) is 5.26 Å². The summed E-state index contributed by atoms with van der Waals surface area (Å²) in [6, 6.07) is 27.5. The highest BCUT2D eigenvalue weighted by atomic mass is 16.5. The van der Waals surface area contributed by atoms with Gasteiger partial charge >= 0.3 is 0 Å². The van der Waals surface area contributed by atoms with Gasteiger partial charge in [-0.3, -0.25) is 9.36 Å². The Bertz CT molecular complexity index is 1680. The average molecular weight is 516 g/mol. The van der Waals surface area contributed by atoms with Crippen LogP contribution in [0.2, 0.25) is 0 Å². The monoisotopic (exact) mass is 515 g/mol. The van der Waals surface area contributed by atoms with E-state index >= 15 is 0 Å². The van der Waals surface area contributed by atoms with Crippen molar-refractivity contribution in [2.24, 2.45) is 0 Å². The first-order chi connectivity index (χ1) is 19.1. The lowest BCUT2D eigenvalue weighted by molar-refractivity contribution is 0.419. The molecule has 5 rings (SSSR count). The minimum Gasteiger partial charge on any atom is -0.334 e. The van der Waals surface area contributed by atoms with Gasteiger partial charge in [0.25, 0.3) is 11.4 Å². The van der Waals surface area contributed by atoms with E-state index < -0.39 is 0 Å². The van der Waals surface area contributed by atoms with Gasteiger partial charge in [0, 0.05) is 17.5 Å². The van der Waals surface area contributed by atoms with Crippen molar-refractivity contribution in [3.63, 3.8) is 0 Å². The molecule has 0 bridgehead atoms. The maximum atomic E-state index is 13.9. The van der Waals surface area contributed by atoms with Crippen LogP contribution in [-0.4, -0.2) is 19.7 Å². The van der Waals surface area contributed by atoms with Crippen molar-refractivity contribution in [2.75, 3.05) is 0 Å². The molecule has 0 N–H and O–H groups in total. The van der Waals surface area contributed by atoms with Crippen molar-refractivity contribution in [3.8, 4) is 28.7 Å². The molecule has 5 aromatic rings. The Morgan fingerprint density at radius 1 is 0.949 bits per heavy atom. The lowest BCUT2D eigenvalue weighted by Gasteiger charge is -2.15. The smallest absolute Gasteiger partial charge is 0.257 e. The first-order valence-electron chi connectivity index (χ1n) is 13.1. The van der Waals surface area contributed by atoms with E-state index in [1.165, 1.54) is 0 Å². The van der Waals surface area contributed by atoms with Gasteiger partial charge in [0.1, 0.15) is 5.82 Å². The van der Waals surface area contributed by atoms with Gasteiger partial charge in [-0.25, -0.2) is 4.98 Å². The van der Waals surface area contributed by atoms with E-state index in [4.69, 9.17) is 9.51 Å². The minimum absolute atomic E-state index is 0.120. The second kappa shape index (κ2) is 11.7. The third-order valence-corrected chi connectivity index (χ3v) is 6.76. The molecule has 194 valence electrons. The Labute approximate surface area is 227 Å². The number of aromatic nitrogens is 4. The molecule has 3 aromatic carbocycles. The highest BCUT2D eigenvalue weighted by Gasteiger charge is 2.18. The summed E-state index contributed by atoms with van der Waals surface area (Å²) in [5, 5.41) is 14.0. The average Bonchev–Trinajstić information content (AvgIpc) is 3.45. The van der Waals surface area contributed by atoms with E-state index in [2.05, 4.69) is 23.1 Å². The molecule has 0 aliphatic rings. The molecule has 0 saturated carbocycles. The molecule has 0 atom stereocenters. The summed E-state index contributed by atoms with van der Waals surface area (Å²) in [6.45, 7) is 4.11.